The molecule has 2 bridgehead atoms. The Morgan fingerprint density at radius 1 is 0.673 bits per heavy atom. The maximum Gasteiger partial charge on any atom is 0.422 e. The van der Waals surface area contributed by atoms with E-state index >= 15 is 42.3 Å². The second-order valence-corrected chi connectivity index (χ2v) is 30.6. The van der Waals surface area contributed by atoms with Crippen molar-refractivity contribution in [3.63, 3.8) is 0 Å². The molecule has 608 valence electrons. The van der Waals surface area contributed by atoms with E-state index < -0.39 is 222 Å². The Labute approximate surface area is 636 Å². The van der Waals surface area contributed by atoms with Gasteiger partial charge in [0.2, 0.25) is 70.9 Å². The lowest BCUT2D eigenvalue weighted by atomic mass is 9.74. The third kappa shape index (κ3) is 20.7. The van der Waals surface area contributed by atoms with Crippen LogP contribution in [-0.4, -0.2) is 264 Å². The van der Waals surface area contributed by atoms with Crippen LogP contribution in [-0.2, 0) is 87.5 Å². The number of ether oxygens (including phenoxy) is 1. The molecule has 3 heterocycles. The summed E-state index contributed by atoms with van der Waals surface area (Å²) >= 11 is 0. The lowest BCUT2D eigenvalue weighted by Crippen LogP contribution is -2.68. The molecular weight excluding hydrogens is 1450 g/mol. The van der Waals surface area contributed by atoms with Gasteiger partial charge in [0.05, 0.1) is 31.2 Å². The fourth-order valence-electron chi connectivity index (χ4n) is 15.7. The zero-order chi connectivity index (χ0) is 81.2. The first kappa shape index (κ1) is 86.8. The van der Waals surface area contributed by atoms with Crippen LogP contribution in [0.3, 0.4) is 0 Å². The average molecular weight is 1560 g/mol. The summed E-state index contributed by atoms with van der Waals surface area (Å²) in [4.78, 5) is 192. The first-order valence-electron chi connectivity index (χ1n) is 38.1. The van der Waals surface area contributed by atoms with Gasteiger partial charge in [-0.1, -0.05) is 77.2 Å². The number of hydrogen-bond donors (Lipinski definition) is 3. The number of fused-ring (bicyclic) bond motifs is 3. The minimum absolute atomic E-state index is 0.00689. The van der Waals surface area contributed by atoms with Crippen molar-refractivity contribution in [2.45, 2.75) is 222 Å². The van der Waals surface area contributed by atoms with Crippen molar-refractivity contribution in [1.82, 2.24) is 60.0 Å². The highest BCUT2D eigenvalue weighted by Gasteiger charge is 2.54. The number of carbonyl (C=O) groups is 12. The number of amides is 12. The van der Waals surface area contributed by atoms with Crippen LogP contribution in [0.4, 0.5) is 35.1 Å². The minimum atomic E-state index is -5.46. The van der Waals surface area contributed by atoms with E-state index in [0.29, 0.717) is 57.1 Å². The van der Waals surface area contributed by atoms with Crippen LogP contribution in [0.5, 0.6) is 0 Å². The second-order valence-electron chi connectivity index (χ2n) is 30.6. The van der Waals surface area contributed by atoms with E-state index in [1.165, 1.54) is 57.0 Å². The van der Waals surface area contributed by atoms with Gasteiger partial charge in [-0.15, -0.1) is 0 Å². The van der Waals surface area contributed by atoms with Gasteiger partial charge in [0.15, 0.2) is 0 Å². The van der Waals surface area contributed by atoms with Crippen LogP contribution < -0.4 is 16.0 Å². The molecule has 3 aliphatic carbocycles. The van der Waals surface area contributed by atoms with Crippen molar-refractivity contribution in [3.8, 4) is 0 Å². The predicted molar refractivity (Wildman–Crippen MR) is 386 cm³/mol. The lowest BCUT2D eigenvalue weighted by Gasteiger charge is -2.46. The van der Waals surface area contributed by atoms with Gasteiger partial charge < -0.3 is 64.8 Å². The summed E-state index contributed by atoms with van der Waals surface area (Å²) < 4.78 is 120. The fourth-order valence-corrected chi connectivity index (χ4v) is 15.7. The molecule has 0 radical (unpaired) electrons. The number of likely N-dealkylation sites (N-methyl/N-ethyl adjacent to an activating group) is 7. The number of halogens is 8. The van der Waals surface area contributed by atoms with Crippen molar-refractivity contribution in [2.24, 2.45) is 17.8 Å². The van der Waals surface area contributed by atoms with Crippen LogP contribution in [0.15, 0.2) is 48.6 Å². The molecule has 12 amide bonds. The van der Waals surface area contributed by atoms with Crippen molar-refractivity contribution >= 4 is 70.9 Å². The minimum Gasteiger partial charge on any atom is -0.377 e. The smallest absolute Gasteiger partial charge is 0.377 e. The lowest BCUT2D eigenvalue weighted by molar-refractivity contribution is -0.158. The summed E-state index contributed by atoms with van der Waals surface area (Å²) in [5.41, 5.74) is -5.24. The number of carbonyl (C=O) groups excluding carboxylic acids is 12. The summed E-state index contributed by atoms with van der Waals surface area (Å²) in [5, 5.41) is 8.33. The monoisotopic (exact) mass is 1560 g/mol. The van der Waals surface area contributed by atoms with E-state index in [1.807, 2.05) is 6.92 Å². The molecule has 2 aromatic rings. The van der Waals surface area contributed by atoms with E-state index in [9.17, 15) is 50.3 Å². The Bertz CT molecular complexity index is 3710. The van der Waals surface area contributed by atoms with Gasteiger partial charge in [-0.05, 0) is 131 Å². The molecule has 2 aromatic carbocycles. The molecule has 8 rings (SSSR count). The largest absolute Gasteiger partial charge is 0.422 e. The van der Waals surface area contributed by atoms with Crippen LogP contribution in [0, 0.1) is 29.4 Å². The van der Waals surface area contributed by atoms with Crippen molar-refractivity contribution < 1.29 is 97.4 Å². The van der Waals surface area contributed by atoms with E-state index in [0.717, 1.165) is 73.6 Å². The van der Waals surface area contributed by atoms with Gasteiger partial charge in [0.1, 0.15) is 71.1 Å². The van der Waals surface area contributed by atoms with Crippen molar-refractivity contribution in [2.75, 3.05) is 88.7 Å². The third-order valence-corrected chi connectivity index (χ3v) is 22.8. The first-order valence-corrected chi connectivity index (χ1v) is 38.1. The van der Waals surface area contributed by atoms with E-state index in [2.05, 4.69) is 16.0 Å². The molecule has 33 heteroatoms. The maximum atomic E-state index is 15.7. The molecule has 6 aliphatic rings. The SMILES string of the molecule is CCCN(C)C(=O)[C@@H]1CC(=O)N(C)[C@@H](CC2CC2)C(=O)N[C@@H]([C@@H](C)CC)C(=O)N(C)CC(=O)N(C)[C@H]2C/C=C\CCN(C2=O)[C@@H](Cc2ccc(C(F)(F)F)cc2)C(=O)N(C)CC(=O)N[C@H](CCc2cc(F)c(C(F)(F)F)c(F)c2)C(=O)N2C[C@H](OCC)C[C@H]2C(=O)NC2(CCC2)C(=O)N(C)[C@@H](C2CCCC2)C(=O)N1C. The number of rotatable bonds is 15. The van der Waals surface area contributed by atoms with Crippen molar-refractivity contribution in [1.29, 1.82) is 0 Å². The molecule has 25 nitrogen and oxygen atoms in total. The van der Waals surface area contributed by atoms with Crippen LogP contribution in [0.1, 0.15) is 159 Å². The summed E-state index contributed by atoms with van der Waals surface area (Å²) in [6.07, 6.45) is -5.27. The average Bonchev–Trinajstić information content (AvgIpc) is 1.04. The fraction of sp³-hybridized carbons (Fsp3) is 0.662. The number of nitrogens with one attached hydrogen (secondary N) is 3. The van der Waals surface area contributed by atoms with Crippen LogP contribution in [0.2, 0.25) is 0 Å². The number of hydrogen-bond acceptors (Lipinski definition) is 13. The Morgan fingerprint density at radius 3 is 1.88 bits per heavy atom. The summed E-state index contributed by atoms with van der Waals surface area (Å²) in [6, 6.07) is -7.17. The zero-order valence-electron chi connectivity index (χ0n) is 64.6. The molecule has 2 saturated heterocycles. The molecular formula is C77H106F8N12O13. The molecule has 0 aromatic heterocycles. The first-order chi connectivity index (χ1) is 51.8. The normalized spacial score (nSPS) is 26.5. The second kappa shape index (κ2) is 37.0. The third-order valence-electron chi connectivity index (χ3n) is 22.8. The van der Waals surface area contributed by atoms with Gasteiger partial charge in [0, 0.05) is 88.4 Å². The summed E-state index contributed by atoms with van der Waals surface area (Å²) in [7, 11) is 9.45. The molecule has 1 spiro atoms. The Balaban J connectivity index is 1.23. The Morgan fingerprint density at radius 2 is 1.31 bits per heavy atom. The van der Waals surface area contributed by atoms with Gasteiger partial charge in [-0.3, -0.25) is 57.5 Å². The van der Waals surface area contributed by atoms with Gasteiger partial charge in [-0.2, -0.15) is 26.3 Å². The molecule has 5 fully saturated rings. The number of aryl methyl sites for hydroxylation is 1. The van der Waals surface area contributed by atoms with E-state index in [-0.39, 0.29) is 76.2 Å². The molecule has 110 heavy (non-hydrogen) atoms. The standard InChI is InChI=1S/C77H106F8N12O13/c1-12-34-89(5)69(104)58-41-61(99)93(9)56(38-46-24-25-46)66(101)87-64(45(4)13-2)72(107)91(7)44-62(100)92(8)55-23-16-15-19-35-96(71(55)106)59(39-47-26-29-50(30-27-47)76(80,81)82)70(105)90(6)43-60(98)86-54(31-28-48-36-52(78)63(53(79)37-48)77(83,84)85)68(103)97-42-51(110-14-3)40-57(97)67(102)88-75(32-20-33-75)74(109)95(11)65(73(108)94(58)10)49-21-17-18-22-49/h15-16,26-27,29-30,36-37,45-46,49,51,54-59,64-65H,12-14,17-25,28,31-35,38-44H2,1-11H3,(H,86,98)(H,87,101)(H,88,102)/b16-15-/t45-,51+,54+,55-,56-,57-,58-,59-,64-,65-/m0/s1. The van der Waals surface area contributed by atoms with E-state index in [4.69, 9.17) is 4.74 Å². The van der Waals surface area contributed by atoms with Gasteiger partial charge in [-0.25, -0.2) is 8.78 Å². The number of benzene rings is 2. The highest BCUT2D eigenvalue weighted by Crippen LogP contribution is 2.40. The Hall–Kier alpha value is -8.78. The van der Waals surface area contributed by atoms with Crippen LogP contribution in [0.25, 0.3) is 0 Å². The maximum absolute atomic E-state index is 15.7. The van der Waals surface area contributed by atoms with E-state index in [1.54, 1.807) is 32.9 Å². The molecule has 3 N–H and O–H groups in total. The summed E-state index contributed by atoms with van der Waals surface area (Å²) in [6.45, 7) is 5.02. The number of nitrogens with zero attached hydrogens (tertiary/aromatic N) is 9. The molecule has 3 aliphatic heterocycles. The predicted octanol–water partition coefficient (Wildman–Crippen LogP) is 6.27. The van der Waals surface area contributed by atoms with Gasteiger partial charge in [0.25, 0.3) is 0 Å². The highest BCUT2D eigenvalue weighted by atomic mass is 19.4. The quantitative estimate of drug-likeness (QED) is 0.131. The van der Waals surface area contributed by atoms with Crippen molar-refractivity contribution in [3.05, 3.63) is 82.4 Å². The van der Waals surface area contributed by atoms with Gasteiger partial charge >= 0.3 is 12.4 Å². The summed E-state index contributed by atoms with van der Waals surface area (Å²) in [5.74, 6) is -14.9. The van der Waals surface area contributed by atoms with Crippen LogP contribution >= 0.6 is 0 Å². The molecule has 0 unspecified atom stereocenters. The molecule has 10 atom stereocenters. The topological polar surface area (TPSA) is 279 Å². The number of alkyl halides is 6. The molecule has 3 saturated carbocycles. The Kier molecular flexibility index (Phi) is 29.2. The highest BCUT2D eigenvalue weighted by molar-refractivity contribution is 6.01. The zero-order valence-corrected chi connectivity index (χ0v) is 64.6.